The quantitative estimate of drug-likeness (QED) is 0.529. The maximum Gasteiger partial charge on any atom is 0.408 e. The van der Waals surface area contributed by atoms with Gasteiger partial charge in [0.2, 0.25) is 5.91 Å². The maximum absolute atomic E-state index is 13.6. The van der Waals surface area contributed by atoms with Crippen LogP contribution >= 0.6 is 0 Å². The third-order valence-electron chi connectivity index (χ3n) is 5.53. The van der Waals surface area contributed by atoms with Crippen molar-refractivity contribution in [3.63, 3.8) is 0 Å². The Balaban J connectivity index is 2.42. The summed E-state index contributed by atoms with van der Waals surface area (Å²) in [5.74, 6) is -1.03. The Bertz CT molecular complexity index is 1070. The van der Waals surface area contributed by atoms with Crippen LogP contribution in [0.25, 0.3) is 0 Å². The Morgan fingerprint density at radius 1 is 1.00 bits per heavy atom. The van der Waals surface area contributed by atoms with Gasteiger partial charge in [-0.15, -0.1) is 0 Å². The van der Waals surface area contributed by atoms with Crippen LogP contribution in [-0.2, 0) is 14.3 Å². The molecule has 2 aromatic carbocycles. The first-order valence-electron chi connectivity index (χ1n) is 11.6. The van der Waals surface area contributed by atoms with Crippen LogP contribution in [0, 0.1) is 19.8 Å². The highest BCUT2D eigenvalue weighted by Gasteiger charge is 2.35. The third kappa shape index (κ3) is 7.47. The zero-order valence-electron chi connectivity index (χ0n) is 21.8. The van der Waals surface area contributed by atoms with Crippen molar-refractivity contribution in [1.29, 1.82) is 0 Å². The number of nitrogens with one attached hydrogen (secondary N) is 2. The van der Waals surface area contributed by atoms with Gasteiger partial charge in [0.15, 0.2) is 0 Å². The Morgan fingerprint density at radius 2 is 1.63 bits per heavy atom. The molecule has 0 spiro atoms. The number of nitrogens with zero attached hydrogens (tertiary/aromatic N) is 1. The second-order valence-electron chi connectivity index (χ2n) is 10.1. The van der Waals surface area contributed by atoms with E-state index in [0.29, 0.717) is 16.8 Å². The number of carbonyl (C=O) groups excluding carboxylic acids is 3. The monoisotopic (exact) mass is 483 g/mol. The van der Waals surface area contributed by atoms with Crippen LogP contribution in [0.3, 0.4) is 0 Å². The predicted octanol–water partition coefficient (Wildman–Crippen LogP) is 4.70. The molecule has 190 valence electrons. The smallest absolute Gasteiger partial charge is 0.408 e. The van der Waals surface area contributed by atoms with E-state index in [1.165, 1.54) is 18.0 Å². The predicted molar refractivity (Wildman–Crippen MR) is 136 cm³/mol. The summed E-state index contributed by atoms with van der Waals surface area (Å²) >= 11 is 0. The summed E-state index contributed by atoms with van der Waals surface area (Å²) in [6.45, 7) is 12.4. The molecule has 2 aromatic rings. The lowest BCUT2D eigenvalue weighted by molar-refractivity contribution is -0.140. The SMILES string of the molecule is Cc1cc(C(C(=O)Nc2ccccc2C)N(C)C(=O)C(NC(=O)OC(C)(C)C)C(C)C)ccc1O. The number of anilines is 1. The van der Waals surface area contributed by atoms with Crippen molar-refractivity contribution in [1.82, 2.24) is 10.2 Å². The van der Waals surface area contributed by atoms with Crippen molar-refractivity contribution in [3.05, 3.63) is 59.2 Å². The highest BCUT2D eigenvalue weighted by Crippen LogP contribution is 2.28. The molecule has 2 unspecified atom stereocenters. The first kappa shape index (κ1) is 27.7. The number of aromatic hydroxyl groups is 1. The van der Waals surface area contributed by atoms with Crippen molar-refractivity contribution >= 4 is 23.6 Å². The molecular formula is C27H37N3O5. The van der Waals surface area contributed by atoms with Gasteiger partial charge in [-0.05, 0) is 75.4 Å². The largest absolute Gasteiger partial charge is 0.508 e. The summed E-state index contributed by atoms with van der Waals surface area (Å²) in [6, 6.07) is 10.2. The van der Waals surface area contributed by atoms with E-state index in [1.54, 1.807) is 59.7 Å². The van der Waals surface area contributed by atoms with Crippen LogP contribution < -0.4 is 10.6 Å². The molecular weight excluding hydrogens is 446 g/mol. The molecule has 0 aromatic heterocycles. The summed E-state index contributed by atoms with van der Waals surface area (Å²) in [5.41, 5.74) is 1.89. The van der Waals surface area contributed by atoms with Crippen LogP contribution in [0.15, 0.2) is 42.5 Å². The minimum absolute atomic E-state index is 0.0902. The summed E-state index contributed by atoms with van der Waals surface area (Å²) in [4.78, 5) is 40.9. The topological polar surface area (TPSA) is 108 Å². The fraction of sp³-hybridized carbons (Fsp3) is 0.444. The lowest BCUT2D eigenvalue weighted by Crippen LogP contribution is -2.53. The number of hydrogen-bond acceptors (Lipinski definition) is 5. The summed E-state index contributed by atoms with van der Waals surface area (Å²) in [6.07, 6.45) is -0.709. The van der Waals surface area contributed by atoms with Crippen molar-refractivity contribution in [2.45, 2.75) is 66.2 Å². The molecule has 3 amide bonds. The van der Waals surface area contributed by atoms with Gasteiger partial charge >= 0.3 is 6.09 Å². The van der Waals surface area contributed by atoms with Crippen molar-refractivity contribution < 1.29 is 24.2 Å². The van der Waals surface area contributed by atoms with Gasteiger partial charge in [0.25, 0.3) is 5.91 Å². The fourth-order valence-corrected chi connectivity index (χ4v) is 3.61. The molecule has 0 aliphatic carbocycles. The number of rotatable bonds is 7. The summed E-state index contributed by atoms with van der Waals surface area (Å²) in [5, 5.41) is 15.6. The minimum Gasteiger partial charge on any atom is -0.508 e. The zero-order chi connectivity index (χ0) is 26.5. The first-order valence-corrected chi connectivity index (χ1v) is 11.6. The van der Waals surface area contributed by atoms with E-state index < -0.39 is 35.6 Å². The molecule has 0 heterocycles. The molecule has 2 atom stereocenters. The van der Waals surface area contributed by atoms with E-state index in [-0.39, 0.29) is 11.7 Å². The number of hydrogen-bond donors (Lipinski definition) is 3. The van der Waals surface area contributed by atoms with E-state index in [0.717, 1.165) is 5.56 Å². The molecule has 3 N–H and O–H groups in total. The number of carbonyl (C=O) groups is 3. The number of alkyl carbamates (subject to hydrolysis) is 1. The molecule has 0 aliphatic heterocycles. The number of aryl methyl sites for hydroxylation is 2. The molecule has 8 heteroatoms. The zero-order valence-corrected chi connectivity index (χ0v) is 21.8. The number of ether oxygens (including phenoxy) is 1. The molecule has 8 nitrogen and oxygen atoms in total. The average Bonchev–Trinajstić information content (AvgIpc) is 2.74. The molecule has 2 rings (SSSR count). The van der Waals surface area contributed by atoms with Gasteiger partial charge in [-0.1, -0.05) is 38.1 Å². The van der Waals surface area contributed by atoms with Crippen LogP contribution in [-0.4, -0.2) is 46.6 Å². The van der Waals surface area contributed by atoms with Gasteiger partial charge in [0.05, 0.1) is 0 Å². The number of phenolic OH excluding ortho intramolecular Hbond substituents is 1. The van der Waals surface area contributed by atoms with E-state index >= 15 is 0 Å². The maximum atomic E-state index is 13.6. The number of amides is 3. The lowest BCUT2D eigenvalue weighted by Gasteiger charge is -2.33. The van der Waals surface area contributed by atoms with Gasteiger partial charge in [0, 0.05) is 12.7 Å². The molecule has 0 fully saturated rings. The number of likely N-dealkylation sites (N-methyl/N-ethyl adjacent to an activating group) is 1. The number of benzene rings is 2. The third-order valence-corrected chi connectivity index (χ3v) is 5.53. The summed E-state index contributed by atoms with van der Waals surface area (Å²) in [7, 11) is 1.53. The van der Waals surface area contributed by atoms with Crippen LogP contribution in [0.4, 0.5) is 10.5 Å². The highest BCUT2D eigenvalue weighted by molar-refractivity contribution is 5.99. The average molecular weight is 484 g/mol. The van der Waals surface area contributed by atoms with Crippen molar-refractivity contribution in [3.8, 4) is 5.75 Å². The lowest BCUT2D eigenvalue weighted by atomic mass is 9.98. The van der Waals surface area contributed by atoms with Crippen LogP contribution in [0.2, 0.25) is 0 Å². The second-order valence-corrected chi connectivity index (χ2v) is 10.1. The van der Waals surface area contributed by atoms with Gasteiger partial charge in [-0.3, -0.25) is 9.59 Å². The molecule has 0 saturated carbocycles. The molecule has 35 heavy (non-hydrogen) atoms. The van der Waals surface area contributed by atoms with Gasteiger partial charge < -0.3 is 25.4 Å². The minimum atomic E-state index is -1.01. The van der Waals surface area contributed by atoms with Crippen molar-refractivity contribution in [2.24, 2.45) is 5.92 Å². The van der Waals surface area contributed by atoms with Crippen LogP contribution in [0.1, 0.15) is 57.4 Å². The molecule has 0 bridgehead atoms. The standard InChI is InChI=1S/C27H37N3O5/c1-16(2)22(29-26(34)35-27(5,6)7)25(33)30(8)23(19-13-14-21(31)18(4)15-19)24(32)28-20-12-10-9-11-17(20)3/h9-16,22-23,31H,1-8H3,(H,28,32)(H,29,34). The Labute approximate surface area is 207 Å². The van der Waals surface area contributed by atoms with Gasteiger partial charge in [-0.2, -0.15) is 0 Å². The molecule has 0 saturated heterocycles. The Morgan fingerprint density at radius 3 is 2.17 bits per heavy atom. The number of para-hydroxylation sites is 1. The second kappa shape index (κ2) is 11.3. The van der Waals surface area contributed by atoms with Gasteiger partial charge in [0.1, 0.15) is 23.4 Å². The van der Waals surface area contributed by atoms with E-state index in [1.807, 2.05) is 25.1 Å². The first-order chi connectivity index (χ1) is 16.2. The number of phenols is 1. The van der Waals surface area contributed by atoms with E-state index in [2.05, 4.69) is 10.6 Å². The normalized spacial score (nSPS) is 13.1. The fourth-order valence-electron chi connectivity index (χ4n) is 3.61. The Hall–Kier alpha value is -3.55. The van der Waals surface area contributed by atoms with Crippen molar-refractivity contribution in [2.75, 3.05) is 12.4 Å². The van der Waals surface area contributed by atoms with E-state index in [4.69, 9.17) is 4.74 Å². The molecule has 0 aliphatic rings. The van der Waals surface area contributed by atoms with Crippen LogP contribution in [0.5, 0.6) is 5.75 Å². The van der Waals surface area contributed by atoms with E-state index in [9.17, 15) is 19.5 Å². The van der Waals surface area contributed by atoms with Gasteiger partial charge in [-0.25, -0.2) is 4.79 Å². The highest BCUT2D eigenvalue weighted by atomic mass is 16.6. The Kier molecular flexibility index (Phi) is 8.90. The molecule has 0 radical (unpaired) electrons. The summed E-state index contributed by atoms with van der Waals surface area (Å²) < 4.78 is 5.33.